The topological polar surface area (TPSA) is 12.9 Å². The molecule has 6 heteroatoms. The van der Waals surface area contributed by atoms with Gasteiger partial charge >= 0.3 is 6.18 Å². The molecule has 0 aliphatic rings. The van der Waals surface area contributed by atoms with E-state index in [0.717, 1.165) is 12.1 Å². The summed E-state index contributed by atoms with van der Waals surface area (Å²) in [4.78, 5) is 3.01. The molecule has 1 aromatic heterocycles. The summed E-state index contributed by atoms with van der Waals surface area (Å²) in [5.41, 5.74) is -2.63. The summed E-state index contributed by atoms with van der Waals surface area (Å²) >= 11 is 0. The van der Waals surface area contributed by atoms with E-state index in [-0.39, 0.29) is 5.56 Å². The van der Waals surface area contributed by atoms with Gasteiger partial charge in [0.05, 0.1) is 0 Å². The molecule has 0 bridgehead atoms. The Balaban J connectivity index is 3.49. The Labute approximate surface area is 102 Å². The number of halogens is 5. The zero-order chi connectivity index (χ0) is 14.4. The van der Waals surface area contributed by atoms with Crippen LogP contribution in [0.25, 0.3) is 0 Å². The molecule has 0 N–H and O–H groups in total. The molecule has 1 nitrogen and oxygen atoms in total. The van der Waals surface area contributed by atoms with Crippen molar-refractivity contribution in [2.75, 3.05) is 0 Å². The van der Waals surface area contributed by atoms with Gasteiger partial charge in [0.15, 0.2) is 0 Å². The third kappa shape index (κ3) is 3.40. The molecule has 102 valence electrons. The molecule has 0 atom stereocenters. The van der Waals surface area contributed by atoms with E-state index in [2.05, 4.69) is 4.98 Å². The van der Waals surface area contributed by atoms with Crippen molar-refractivity contribution in [3.8, 4) is 0 Å². The fourth-order valence-corrected chi connectivity index (χ4v) is 1.33. The Kier molecular flexibility index (Phi) is 3.44. The highest BCUT2D eigenvalue weighted by Gasteiger charge is 2.37. The van der Waals surface area contributed by atoms with Crippen molar-refractivity contribution in [3.05, 3.63) is 29.1 Å². The Hall–Kier alpha value is -1.20. The normalized spacial score (nSPS) is 13.8. The predicted octanol–water partition coefficient (Wildman–Crippen LogP) is 4.51. The van der Waals surface area contributed by atoms with E-state index in [0.29, 0.717) is 6.92 Å². The van der Waals surface area contributed by atoms with Crippen LogP contribution in [0.4, 0.5) is 22.0 Å². The molecule has 0 aliphatic carbocycles. The molecule has 0 aromatic carbocycles. The van der Waals surface area contributed by atoms with E-state index in [9.17, 15) is 22.0 Å². The second kappa shape index (κ2) is 4.17. The summed E-state index contributed by atoms with van der Waals surface area (Å²) in [6.45, 7) is 5.49. The van der Waals surface area contributed by atoms with E-state index in [1.165, 1.54) is 0 Å². The second-order valence-electron chi connectivity index (χ2n) is 5.26. The number of pyridine rings is 1. The summed E-state index contributed by atoms with van der Waals surface area (Å²) in [7, 11) is 0. The lowest BCUT2D eigenvalue weighted by Gasteiger charge is -2.22. The molecule has 0 fully saturated rings. The van der Waals surface area contributed by atoms with Crippen LogP contribution in [0.5, 0.6) is 0 Å². The summed E-state index contributed by atoms with van der Waals surface area (Å²) in [6, 6.07) is 1.84. The van der Waals surface area contributed by atoms with Gasteiger partial charge in [0, 0.05) is 6.92 Å². The first-order valence-corrected chi connectivity index (χ1v) is 5.30. The minimum atomic E-state index is -4.73. The molecule has 1 heterocycles. The zero-order valence-corrected chi connectivity index (χ0v) is 10.5. The lowest BCUT2D eigenvalue weighted by molar-refractivity contribution is -0.141. The molecule has 0 saturated heterocycles. The zero-order valence-electron chi connectivity index (χ0n) is 10.5. The van der Waals surface area contributed by atoms with Gasteiger partial charge in [-0.1, -0.05) is 20.8 Å². The van der Waals surface area contributed by atoms with E-state index in [1.54, 1.807) is 20.8 Å². The van der Waals surface area contributed by atoms with Crippen LogP contribution in [-0.4, -0.2) is 4.98 Å². The average Bonchev–Trinajstić information content (AvgIpc) is 2.13. The maximum absolute atomic E-state index is 13.2. The maximum Gasteiger partial charge on any atom is 0.433 e. The van der Waals surface area contributed by atoms with Gasteiger partial charge < -0.3 is 0 Å². The van der Waals surface area contributed by atoms with Crippen molar-refractivity contribution < 1.29 is 22.0 Å². The van der Waals surface area contributed by atoms with Gasteiger partial charge in [-0.05, 0) is 23.1 Å². The fourth-order valence-electron chi connectivity index (χ4n) is 1.33. The monoisotopic (exact) mass is 267 g/mol. The Morgan fingerprint density at radius 1 is 0.833 bits per heavy atom. The van der Waals surface area contributed by atoms with Crippen LogP contribution in [-0.2, 0) is 17.5 Å². The molecule has 0 radical (unpaired) electrons. The molecule has 18 heavy (non-hydrogen) atoms. The van der Waals surface area contributed by atoms with Crippen LogP contribution in [0.3, 0.4) is 0 Å². The number of aromatic nitrogens is 1. The Morgan fingerprint density at radius 3 is 1.61 bits per heavy atom. The molecule has 0 aliphatic heterocycles. The van der Waals surface area contributed by atoms with Gasteiger partial charge in [0.2, 0.25) is 0 Å². The second-order valence-corrected chi connectivity index (χ2v) is 5.26. The number of rotatable bonds is 1. The number of nitrogens with zero attached hydrogens (tertiary/aromatic N) is 1. The van der Waals surface area contributed by atoms with Crippen LogP contribution in [0.1, 0.15) is 44.6 Å². The summed E-state index contributed by atoms with van der Waals surface area (Å²) < 4.78 is 64.2. The van der Waals surface area contributed by atoms with E-state index < -0.39 is 28.9 Å². The van der Waals surface area contributed by atoms with Gasteiger partial charge in [0.25, 0.3) is 5.92 Å². The minimum Gasteiger partial charge on any atom is -0.242 e. The SMILES string of the molecule is CC(C)(C)c1cc(C(C)(F)F)nc(C(F)(F)F)c1. The largest absolute Gasteiger partial charge is 0.433 e. The van der Waals surface area contributed by atoms with Crippen LogP contribution < -0.4 is 0 Å². The van der Waals surface area contributed by atoms with Crippen LogP contribution >= 0.6 is 0 Å². The molecular weight excluding hydrogens is 253 g/mol. The molecular formula is C12H14F5N. The van der Waals surface area contributed by atoms with Gasteiger partial charge in [0.1, 0.15) is 11.4 Å². The number of hydrogen-bond donors (Lipinski definition) is 0. The highest BCUT2D eigenvalue weighted by atomic mass is 19.4. The van der Waals surface area contributed by atoms with Crippen molar-refractivity contribution in [1.82, 2.24) is 4.98 Å². The van der Waals surface area contributed by atoms with Crippen LogP contribution in [0, 0.1) is 0 Å². The highest BCUT2D eigenvalue weighted by molar-refractivity contribution is 5.30. The third-order valence-corrected chi connectivity index (χ3v) is 2.43. The highest BCUT2D eigenvalue weighted by Crippen LogP contribution is 2.35. The molecule has 0 amide bonds. The van der Waals surface area contributed by atoms with Gasteiger partial charge in [-0.2, -0.15) is 22.0 Å². The van der Waals surface area contributed by atoms with Gasteiger partial charge in [-0.3, -0.25) is 0 Å². The first-order chi connectivity index (χ1) is 7.82. The first-order valence-electron chi connectivity index (χ1n) is 5.30. The first kappa shape index (κ1) is 14.9. The van der Waals surface area contributed by atoms with Crippen molar-refractivity contribution in [2.45, 2.75) is 45.2 Å². The molecule has 1 aromatic rings. The lowest BCUT2D eigenvalue weighted by Crippen LogP contribution is -2.20. The van der Waals surface area contributed by atoms with Crippen LogP contribution in [0.15, 0.2) is 12.1 Å². The minimum absolute atomic E-state index is 0.182. The average molecular weight is 267 g/mol. The predicted molar refractivity (Wildman–Crippen MR) is 57.5 cm³/mol. The fraction of sp³-hybridized carbons (Fsp3) is 0.583. The third-order valence-electron chi connectivity index (χ3n) is 2.43. The van der Waals surface area contributed by atoms with E-state index in [1.807, 2.05) is 0 Å². The van der Waals surface area contributed by atoms with Crippen molar-refractivity contribution >= 4 is 0 Å². The standard InChI is InChI=1S/C12H14F5N/c1-10(2,3)7-5-8(11(4,13)14)18-9(6-7)12(15,16)17/h5-6H,1-4H3. The Morgan fingerprint density at radius 2 is 1.28 bits per heavy atom. The lowest BCUT2D eigenvalue weighted by atomic mass is 9.86. The molecule has 0 unspecified atom stereocenters. The van der Waals surface area contributed by atoms with Crippen molar-refractivity contribution in [1.29, 1.82) is 0 Å². The number of alkyl halides is 5. The van der Waals surface area contributed by atoms with Crippen molar-refractivity contribution in [3.63, 3.8) is 0 Å². The summed E-state index contributed by atoms with van der Waals surface area (Å²) in [5.74, 6) is -3.40. The van der Waals surface area contributed by atoms with Crippen LogP contribution in [0.2, 0.25) is 0 Å². The number of hydrogen-bond acceptors (Lipinski definition) is 1. The molecule has 0 saturated carbocycles. The quantitative estimate of drug-likeness (QED) is 0.682. The van der Waals surface area contributed by atoms with E-state index in [4.69, 9.17) is 0 Å². The summed E-state index contributed by atoms with van der Waals surface area (Å²) in [5, 5.41) is 0. The van der Waals surface area contributed by atoms with E-state index >= 15 is 0 Å². The Bertz CT molecular complexity index is 358. The molecule has 1 rings (SSSR count). The maximum atomic E-state index is 13.2. The van der Waals surface area contributed by atoms with Crippen molar-refractivity contribution in [2.24, 2.45) is 0 Å². The summed E-state index contributed by atoms with van der Waals surface area (Å²) in [6.07, 6.45) is -4.73. The smallest absolute Gasteiger partial charge is 0.242 e. The molecule has 0 spiro atoms. The van der Waals surface area contributed by atoms with Gasteiger partial charge in [-0.25, -0.2) is 4.98 Å². The van der Waals surface area contributed by atoms with Gasteiger partial charge in [-0.15, -0.1) is 0 Å².